The van der Waals surface area contributed by atoms with Crippen LogP contribution in [0.4, 0.5) is 0 Å². The minimum Gasteiger partial charge on any atom is -0.497 e. The van der Waals surface area contributed by atoms with Crippen LogP contribution in [0.25, 0.3) is 11.1 Å². The zero-order valence-corrected chi connectivity index (χ0v) is 35.7. The molecule has 0 heterocycles. The van der Waals surface area contributed by atoms with Crippen molar-refractivity contribution >= 4 is 0 Å². The van der Waals surface area contributed by atoms with Crippen LogP contribution < -0.4 is 29.6 Å². The highest BCUT2D eigenvalue weighted by Gasteiger charge is 2.42. The molecule has 8 rings (SSSR count). The van der Waals surface area contributed by atoms with Gasteiger partial charge in [-0.2, -0.15) is 0 Å². The van der Waals surface area contributed by atoms with E-state index in [1.807, 2.05) is 48.5 Å². The fraction of sp³-hybridized carbons (Fsp3) is 0.143. The minimum absolute atomic E-state index is 0.592. The van der Waals surface area contributed by atoms with Crippen molar-refractivity contribution in [1.82, 2.24) is 10.6 Å². The van der Waals surface area contributed by atoms with Crippen molar-refractivity contribution in [2.24, 2.45) is 0 Å². The van der Waals surface area contributed by atoms with E-state index < -0.39 is 11.1 Å². The molecule has 310 valence electrons. The Labute approximate surface area is 365 Å². The molecule has 0 aromatic heterocycles. The zero-order chi connectivity index (χ0) is 42.8. The second-order valence-corrected chi connectivity index (χ2v) is 15.2. The van der Waals surface area contributed by atoms with Gasteiger partial charge in [-0.15, -0.1) is 0 Å². The molecule has 6 heteroatoms. The van der Waals surface area contributed by atoms with E-state index in [1.165, 1.54) is 11.1 Å². The van der Waals surface area contributed by atoms with Gasteiger partial charge in [0, 0.05) is 13.1 Å². The molecule has 8 aromatic rings. The van der Waals surface area contributed by atoms with E-state index in [9.17, 15) is 0 Å². The number of rotatable bonds is 17. The Kier molecular flexibility index (Phi) is 12.8. The summed E-state index contributed by atoms with van der Waals surface area (Å²) in [5.41, 5.74) is 9.15. The Bertz CT molecular complexity index is 2360. The van der Waals surface area contributed by atoms with Crippen LogP contribution in [0, 0.1) is 0 Å². The quantitative estimate of drug-likeness (QED) is 0.0893. The van der Waals surface area contributed by atoms with Gasteiger partial charge in [-0.1, -0.05) is 158 Å². The molecule has 6 nitrogen and oxygen atoms in total. The van der Waals surface area contributed by atoms with Crippen molar-refractivity contribution in [2.75, 3.05) is 28.4 Å². The van der Waals surface area contributed by atoms with Crippen molar-refractivity contribution in [3.05, 3.63) is 251 Å². The van der Waals surface area contributed by atoms with Gasteiger partial charge in [0.15, 0.2) is 0 Å². The van der Waals surface area contributed by atoms with Gasteiger partial charge < -0.3 is 18.9 Å². The lowest BCUT2D eigenvalue weighted by Gasteiger charge is -2.41. The van der Waals surface area contributed by atoms with Crippen molar-refractivity contribution in [3.8, 4) is 34.1 Å². The summed E-state index contributed by atoms with van der Waals surface area (Å²) in [6, 6.07) is 72.4. The average Bonchev–Trinajstić information content (AvgIpc) is 3.36. The standard InChI is InChI=1S/C56H52N2O4/c1-59-47-31-23-43(24-32-47)55(44-25-33-48(60-2)34-26-44,57-39-41-15-7-5-8-16-41)53-21-13-11-19-51(53)52-20-12-14-22-54(52)56(45-27-35-49(61-3)36-28-45,46-29-37-50(62-4)38-30-46)58-40-42-17-9-6-10-18-42/h5-38,57-58H,39-40H2,1-4H3. The van der Waals surface area contributed by atoms with Crippen LogP contribution in [0.3, 0.4) is 0 Å². The van der Waals surface area contributed by atoms with E-state index in [0.717, 1.165) is 67.5 Å². The molecule has 0 aliphatic carbocycles. The molecular formula is C56H52N2O4. The molecule has 0 saturated heterocycles. The molecule has 0 atom stereocenters. The predicted molar refractivity (Wildman–Crippen MR) is 250 cm³/mol. The van der Waals surface area contributed by atoms with E-state index in [2.05, 4.69) is 168 Å². The first-order valence-corrected chi connectivity index (χ1v) is 20.9. The smallest absolute Gasteiger partial charge is 0.118 e. The SMILES string of the molecule is COc1ccc(C(NCc2ccccc2)(c2ccc(OC)cc2)c2ccccc2-c2ccccc2C(NCc2ccccc2)(c2ccc(OC)cc2)c2ccc(OC)cc2)cc1. The van der Waals surface area contributed by atoms with Crippen LogP contribution in [-0.2, 0) is 24.2 Å². The summed E-state index contributed by atoms with van der Waals surface area (Å²) in [7, 11) is 6.81. The topological polar surface area (TPSA) is 61.0 Å². The maximum absolute atomic E-state index is 5.71. The van der Waals surface area contributed by atoms with Crippen molar-refractivity contribution in [1.29, 1.82) is 0 Å². The van der Waals surface area contributed by atoms with Crippen LogP contribution in [-0.4, -0.2) is 28.4 Å². The molecule has 2 N–H and O–H groups in total. The highest BCUT2D eigenvalue weighted by molar-refractivity contribution is 5.77. The van der Waals surface area contributed by atoms with Crippen molar-refractivity contribution < 1.29 is 18.9 Å². The summed E-state index contributed by atoms with van der Waals surface area (Å²) in [6.07, 6.45) is 0. The third-order valence-corrected chi connectivity index (χ3v) is 11.8. The summed E-state index contributed by atoms with van der Waals surface area (Å²) in [5.74, 6) is 3.14. The number of ether oxygens (including phenoxy) is 4. The molecule has 0 aliphatic rings. The first-order valence-electron chi connectivity index (χ1n) is 20.9. The Morgan fingerprint density at radius 3 is 0.839 bits per heavy atom. The second-order valence-electron chi connectivity index (χ2n) is 15.2. The summed E-state index contributed by atoms with van der Waals surface area (Å²) >= 11 is 0. The predicted octanol–water partition coefficient (Wildman–Crippen LogP) is 11.6. The number of benzene rings is 8. The van der Waals surface area contributed by atoms with Crippen LogP contribution in [0.15, 0.2) is 206 Å². The minimum atomic E-state index is -0.863. The third kappa shape index (κ3) is 8.31. The highest BCUT2D eigenvalue weighted by atomic mass is 16.5. The molecule has 0 bridgehead atoms. The van der Waals surface area contributed by atoms with Crippen LogP contribution in [0.5, 0.6) is 23.0 Å². The molecule has 0 saturated carbocycles. The maximum atomic E-state index is 5.71. The number of nitrogens with one attached hydrogen (secondary N) is 2. The normalized spacial score (nSPS) is 11.5. The van der Waals surface area contributed by atoms with E-state index in [1.54, 1.807) is 28.4 Å². The Balaban J connectivity index is 1.43. The van der Waals surface area contributed by atoms with Gasteiger partial charge >= 0.3 is 0 Å². The lowest BCUT2D eigenvalue weighted by atomic mass is 9.70. The van der Waals surface area contributed by atoms with Crippen molar-refractivity contribution in [2.45, 2.75) is 24.2 Å². The van der Waals surface area contributed by atoms with Gasteiger partial charge in [-0.05, 0) is 104 Å². The molecule has 0 fully saturated rings. The molecule has 8 aromatic carbocycles. The van der Waals surface area contributed by atoms with E-state index in [-0.39, 0.29) is 0 Å². The summed E-state index contributed by atoms with van der Waals surface area (Å²) in [6.45, 7) is 1.18. The maximum Gasteiger partial charge on any atom is 0.118 e. The zero-order valence-electron chi connectivity index (χ0n) is 35.7. The molecule has 0 spiro atoms. The van der Waals surface area contributed by atoms with Crippen LogP contribution in [0.1, 0.15) is 44.5 Å². The van der Waals surface area contributed by atoms with Gasteiger partial charge in [0.25, 0.3) is 0 Å². The first-order chi connectivity index (χ1) is 30.5. The molecule has 0 unspecified atom stereocenters. The lowest BCUT2D eigenvalue weighted by Crippen LogP contribution is -2.45. The highest BCUT2D eigenvalue weighted by Crippen LogP contribution is 2.48. The third-order valence-electron chi connectivity index (χ3n) is 11.8. The molecule has 62 heavy (non-hydrogen) atoms. The summed E-state index contributed by atoms with van der Waals surface area (Å²) in [5, 5.41) is 8.30. The Morgan fingerprint density at radius 2 is 0.565 bits per heavy atom. The molecule has 0 aliphatic heterocycles. The fourth-order valence-corrected chi connectivity index (χ4v) is 8.67. The number of methoxy groups -OCH3 is 4. The molecule has 0 amide bonds. The number of hydrogen-bond acceptors (Lipinski definition) is 6. The average molecular weight is 817 g/mol. The largest absolute Gasteiger partial charge is 0.497 e. The van der Waals surface area contributed by atoms with E-state index in [0.29, 0.717) is 13.1 Å². The summed E-state index contributed by atoms with van der Waals surface area (Å²) < 4.78 is 22.8. The van der Waals surface area contributed by atoms with Gasteiger partial charge in [0.2, 0.25) is 0 Å². The monoisotopic (exact) mass is 816 g/mol. The van der Waals surface area contributed by atoms with Crippen LogP contribution in [0.2, 0.25) is 0 Å². The summed E-state index contributed by atoms with van der Waals surface area (Å²) in [4.78, 5) is 0. The lowest BCUT2D eigenvalue weighted by molar-refractivity contribution is 0.411. The van der Waals surface area contributed by atoms with Crippen LogP contribution >= 0.6 is 0 Å². The van der Waals surface area contributed by atoms with Gasteiger partial charge in [-0.3, -0.25) is 10.6 Å². The van der Waals surface area contributed by atoms with E-state index >= 15 is 0 Å². The number of hydrogen-bond donors (Lipinski definition) is 2. The van der Waals surface area contributed by atoms with E-state index in [4.69, 9.17) is 18.9 Å². The van der Waals surface area contributed by atoms with Gasteiger partial charge in [0.05, 0.1) is 39.5 Å². The van der Waals surface area contributed by atoms with Crippen molar-refractivity contribution in [3.63, 3.8) is 0 Å². The Morgan fingerprint density at radius 1 is 0.306 bits per heavy atom. The van der Waals surface area contributed by atoms with Gasteiger partial charge in [-0.25, -0.2) is 0 Å². The molecule has 0 radical (unpaired) electrons. The fourth-order valence-electron chi connectivity index (χ4n) is 8.67. The van der Waals surface area contributed by atoms with Gasteiger partial charge in [0.1, 0.15) is 23.0 Å². The second kappa shape index (κ2) is 19.1. The Hall–Kier alpha value is -7.12. The molecular weight excluding hydrogens is 765 g/mol. The first kappa shape index (κ1) is 41.6.